The quantitative estimate of drug-likeness (QED) is 0.169. The Balaban J connectivity index is 1.10. The summed E-state index contributed by atoms with van der Waals surface area (Å²) in [5.41, 5.74) is 10.7. The van der Waals surface area contributed by atoms with Gasteiger partial charge in [-0.2, -0.15) is 0 Å². The molecule has 0 atom stereocenters. The summed E-state index contributed by atoms with van der Waals surface area (Å²) in [7, 11) is 0. The first kappa shape index (κ1) is 31.4. The van der Waals surface area contributed by atoms with E-state index in [1.165, 1.54) is 64.9 Å². The second-order valence-electron chi connectivity index (χ2n) is 15.3. The average Bonchev–Trinajstić information content (AvgIpc) is 3.65. The van der Waals surface area contributed by atoms with Gasteiger partial charge in [0.05, 0.1) is 39.0 Å². The van der Waals surface area contributed by atoms with E-state index in [9.17, 15) is 0 Å². The Morgan fingerprint density at radius 2 is 0.948 bits per heavy atom. The van der Waals surface area contributed by atoms with Crippen molar-refractivity contribution in [1.82, 2.24) is 14.5 Å². The highest BCUT2D eigenvalue weighted by molar-refractivity contribution is 6.42. The van der Waals surface area contributed by atoms with E-state index in [-0.39, 0.29) is 0 Å². The molecule has 10 aromatic carbocycles. The lowest BCUT2D eigenvalue weighted by Gasteiger charge is -2.32. The fraction of sp³-hybridized carbons (Fsp3) is 0. The van der Waals surface area contributed by atoms with Crippen LogP contribution in [0, 0.1) is 0 Å². The van der Waals surface area contributed by atoms with Gasteiger partial charge in [0.15, 0.2) is 5.82 Å². The number of benzene rings is 10. The predicted molar refractivity (Wildman–Crippen MR) is 243 cm³/mol. The molecule has 1 aliphatic rings. The van der Waals surface area contributed by atoms with Crippen LogP contribution in [0.15, 0.2) is 194 Å². The zero-order valence-electron chi connectivity index (χ0n) is 31.3. The van der Waals surface area contributed by atoms with Gasteiger partial charge >= 0.3 is 0 Å². The Kier molecular flexibility index (Phi) is 6.41. The maximum atomic E-state index is 5.43. The van der Waals surface area contributed by atoms with Crippen molar-refractivity contribution in [2.24, 2.45) is 0 Å². The molecule has 3 heterocycles. The van der Waals surface area contributed by atoms with E-state index in [2.05, 4.69) is 204 Å². The van der Waals surface area contributed by atoms with Crippen molar-refractivity contribution in [3.05, 3.63) is 194 Å². The summed E-state index contributed by atoms with van der Waals surface area (Å²) in [4.78, 5) is 13.1. The van der Waals surface area contributed by atoms with Crippen molar-refractivity contribution < 1.29 is 0 Å². The standard InChI is InChI=1S/C54H32N4/c1-2-17-34(18-3-1)57-46-30-13-11-27-43(46)52-51-44(28-15-31-47(51)57)55-54(56-52)33-16-14-19-35(32-33)58-45-29-12-10-26-42(45)50-49-39-23-7-5-21-37(39)36-20-4-6-22-38(36)48(49)40-24-8-9-25-41(40)53(50)58/h1-32H. The maximum absolute atomic E-state index is 5.43. The molecule has 4 nitrogen and oxygen atoms in total. The van der Waals surface area contributed by atoms with E-state index in [1.54, 1.807) is 0 Å². The maximum Gasteiger partial charge on any atom is 0.160 e. The van der Waals surface area contributed by atoms with Gasteiger partial charge in [0.1, 0.15) is 0 Å². The molecule has 4 heteroatoms. The molecule has 0 aliphatic carbocycles. The van der Waals surface area contributed by atoms with Crippen molar-refractivity contribution in [3.8, 4) is 28.3 Å². The molecule has 12 aromatic rings. The van der Waals surface area contributed by atoms with Crippen LogP contribution in [0.1, 0.15) is 0 Å². The van der Waals surface area contributed by atoms with Crippen LogP contribution in [0.3, 0.4) is 0 Å². The molecule has 0 fully saturated rings. The van der Waals surface area contributed by atoms with Gasteiger partial charge < -0.3 is 9.47 Å². The van der Waals surface area contributed by atoms with E-state index >= 15 is 0 Å². The van der Waals surface area contributed by atoms with Gasteiger partial charge in [-0.15, -0.1) is 0 Å². The summed E-state index contributed by atoms with van der Waals surface area (Å²) >= 11 is 0. The second-order valence-corrected chi connectivity index (χ2v) is 15.3. The molecule has 1 aliphatic heterocycles. The fourth-order valence-corrected chi connectivity index (χ4v) is 9.92. The molecule has 0 N–H and O–H groups in total. The van der Waals surface area contributed by atoms with Gasteiger partial charge in [0, 0.05) is 44.0 Å². The Labute approximate surface area is 333 Å². The third-order valence-electron chi connectivity index (χ3n) is 12.2. The molecular formula is C54H32N4. The summed E-state index contributed by atoms with van der Waals surface area (Å²) < 4.78 is 2.47. The van der Waals surface area contributed by atoms with Crippen LogP contribution in [-0.4, -0.2) is 14.5 Å². The highest BCUT2D eigenvalue weighted by atomic mass is 15.2. The number of aromatic nitrogens is 3. The highest BCUT2D eigenvalue weighted by Crippen LogP contribution is 2.51. The van der Waals surface area contributed by atoms with E-state index < -0.39 is 0 Å². The van der Waals surface area contributed by atoms with Crippen molar-refractivity contribution >= 4 is 92.9 Å². The zero-order valence-corrected chi connectivity index (χ0v) is 31.3. The summed E-state index contributed by atoms with van der Waals surface area (Å²) in [6.45, 7) is 0. The molecule has 0 amide bonds. The monoisotopic (exact) mass is 736 g/mol. The minimum Gasteiger partial charge on any atom is -0.309 e. The number of para-hydroxylation sites is 3. The highest BCUT2D eigenvalue weighted by Gasteiger charge is 2.28. The smallest absolute Gasteiger partial charge is 0.160 e. The van der Waals surface area contributed by atoms with Crippen LogP contribution in [0.4, 0.5) is 17.1 Å². The first-order chi connectivity index (χ1) is 28.8. The number of hydrogen-bond donors (Lipinski definition) is 0. The first-order valence-corrected chi connectivity index (χ1v) is 19.8. The third-order valence-corrected chi connectivity index (χ3v) is 12.2. The molecule has 0 spiro atoms. The lowest BCUT2D eigenvalue weighted by atomic mass is 9.88. The molecule has 0 saturated carbocycles. The molecule has 58 heavy (non-hydrogen) atoms. The van der Waals surface area contributed by atoms with Crippen molar-refractivity contribution in [3.63, 3.8) is 0 Å². The number of hydrogen-bond acceptors (Lipinski definition) is 3. The summed E-state index contributed by atoms with van der Waals surface area (Å²) in [5, 5.41) is 13.8. The van der Waals surface area contributed by atoms with Gasteiger partial charge in [0.2, 0.25) is 0 Å². The van der Waals surface area contributed by atoms with Crippen LogP contribution in [0.5, 0.6) is 0 Å². The SMILES string of the molecule is c1ccc(N2c3ccccc3-c3nc(-c4cccc(-n5c6ccccc6c6c7c8ccccc8c8ccccc8c7c7ccccc7c65)c4)nc4cccc2c34)cc1. The Hall–Kier alpha value is -7.82. The van der Waals surface area contributed by atoms with Crippen LogP contribution in [0.2, 0.25) is 0 Å². The lowest BCUT2D eigenvalue weighted by Crippen LogP contribution is -2.16. The Morgan fingerprint density at radius 3 is 1.74 bits per heavy atom. The topological polar surface area (TPSA) is 34.0 Å². The summed E-state index contributed by atoms with van der Waals surface area (Å²) in [6.07, 6.45) is 0. The van der Waals surface area contributed by atoms with Gasteiger partial charge in [0.25, 0.3) is 0 Å². The minimum absolute atomic E-state index is 0.706. The van der Waals surface area contributed by atoms with Gasteiger partial charge in [-0.1, -0.05) is 146 Å². The normalized spacial score (nSPS) is 12.4. The number of rotatable bonds is 3. The van der Waals surface area contributed by atoms with Crippen LogP contribution in [-0.2, 0) is 0 Å². The molecule has 2 aromatic heterocycles. The third kappa shape index (κ3) is 4.23. The van der Waals surface area contributed by atoms with Gasteiger partial charge in [-0.3, -0.25) is 0 Å². The lowest BCUT2D eigenvalue weighted by molar-refractivity contribution is 1.17. The largest absolute Gasteiger partial charge is 0.309 e. The first-order valence-electron chi connectivity index (χ1n) is 19.8. The number of fused-ring (bicyclic) bond motifs is 15. The summed E-state index contributed by atoms with van der Waals surface area (Å²) in [5.74, 6) is 0.706. The summed E-state index contributed by atoms with van der Waals surface area (Å²) in [6, 6.07) is 70.0. The van der Waals surface area contributed by atoms with Crippen molar-refractivity contribution in [1.29, 1.82) is 0 Å². The van der Waals surface area contributed by atoms with Gasteiger partial charge in [-0.05, 0) is 80.8 Å². The molecule has 13 rings (SSSR count). The number of nitrogens with zero attached hydrogens (tertiary/aromatic N) is 4. The van der Waals surface area contributed by atoms with Crippen molar-refractivity contribution in [2.75, 3.05) is 4.90 Å². The molecule has 0 saturated heterocycles. The average molecular weight is 737 g/mol. The van der Waals surface area contributed by atoms with Crippen LogP contribution < -0.4 is 4.90 Å². The second kappa shape index (κ2) is 11.8. The molecule has 0 unspecified atom stereocenters. The predicted octanol–water partition coefficient (Wildman–Crippen LogP) is 14.5. The van der Waals surface area contributed by atoms with Crippen LogP contribution >= 0.6 is 0 Å². The van der Waals surface area contributed by atoms with E-state index in [0.717, 1.165) is 50.5 Å². The fourth-order valence-electron chi connectivity index (χ4n) is 9.92. The Bertz CT molecular complexity index is 3690. The van der Waals surface area contributed by atoms with E-state index in [1.807, 2.05) is 0 Å². The molecular weight excluding hydrogens is 705 g/mol. The molecule has 0 bridgehead atoms. The molecule has 268 valence electrons. The molecule has 0 radical (unpaired) electrons. The minimum atomic E-state index is 0.706. The zero-order chi connectivity index (χ0) is 37.9. The number of anilines is 3. The van der Waals surface area contributed by atoms with Gasteiger partial charge in [-0.25, -0.2) is 9.97 Å². The van der Waals surface area contributed by atoms with E-state index in [4.69, 9.17) is 9.97 Å². The van der Waals surface area contributed by atoms with Crippen molar-refractivity contribution in [2.45, 2.75) is 0 Å². The van der Waals surface area contributed by atoms with Crippen LogP contribution in [0.25, 0.3) is 104 Å². The van der Waals surface area contributed by atoms with E-state index in [0.29, 0.717) is 5.82 Å². The Morgan fingerprint density at radius 1 is 0.362 bits per heavy atom.